The second-order valence-corrected chi connectivity index (χ2v) is 3.77. The second-order valence-electron chi connectivity index (χ2n) is 3.77. The number of hydrogen-bond donors (Lipinski definition) is 1. The highest BCUT2D eigenvalue weighted by atomic mass is 16.5. The van der Waals surface area contributed by atoms with Gasteiger partial charge >= 0.3 is 0 Å². The molecule has 0 aromatic heterocycles. The summed E-state index contributed by atoms with van der Waals surface area (Å²) < 4.78 is 10.6. The van der Waals surface area contributed by atoms with Crippen molar-refractivity contribution in [3.05, 3.63) is 0 Å². The molecule has 0 aliphatic heterocycles. The summed E-state index contributed by atoms with van der Waals surface area (Å²) in [5.74, 6) is 0. The maximum absolute atomic E-state index is 5.52. The SMILES string of the molecule is COC(C)(C)CCOC[C@H](C)N. The van der Waals surface area contributed by atoms with Crippen molar-refractivity contribution in [2.45, 2.75) is 38.8 Å². The molecule has 0 aromatic rings. The Bertz CT molecular complexity index is 113. The molecular formula is C9H21NO2. The van der Waals surface area contributed by atoms with Crippen molar-refractivity contribution in [2.75, 3.05) is 20.3 Å². The van der Waals surface area contributed by atoms with Crippen molar-refractivity contribution in [1.29, 1.82) is 0 Å². The second kappa shape index (κ2) is 5.51. The van der Waals surface area contributed by atoms with Crippen LogP contribution in [0.15, 0.2) is 0 Å². The molecule has 0 aromatic carbocycles. The molecule has 0 heterocycles. The van der Waals surface area contributed by atoms with Gasteiger partial charge in [0.25, 0.3) is 0 Å². The smallest absolute Gasteiger partial charge is 0.0644 e. The normalized spacial score (nSPS) is 14.8. The fraction of sp³-hybridized carbons (Fsp3) is 1.00. The zero-order valence-electron chi connectivity index (χ0n) is 8.59. The van der Waals surface area contributed by atoms with Gasteiger partial charge in [-0.3, -0.25) is 0 Å². The predicted octanol–water partition coefficient (Wildman–Crippen LogP) is 1.17. The van der Waals surface area contributed by atoms with Crippen LogP contribution in [-0.4, -0.2) is 32.0 Å². The minimum absolute atomic E-state index is 0.0855. The van der Waals surface area contributed by atoms with E-state index in [0.717, 1.165) is 6.42 Å². The van der Waals surface area contributed by atoms with Crippen LogP contribution in [0, 0.1) is 0 Å². The van der Waals surface area contributed by atoms with E-state index in [0.29, 0.717) is 13.2 Å². The number of nitrogens with two attached hydrogens (primary N) is 1. The van der Waals surface area contributed by atoms with E-state index in [-0.39, 0.29) is 11.6 Å². The van der Waals surface area contributed by atoms with Crippen LogP contribution in [0.25, 0.3) is 0 Å². The molecule has 74 valence electrons. The quantitative estimate of drug-likeness (QED) is 0.616. The first-order valence-corrected chi connectivity index (χ1v) is 4.36. The highest BCUT2D eigenvalue weighted by molar-refractivity contribution is 4.66. The molecule has 0 fully saturated rings. The summed E-state index contributed by atoms with van der Waals surface area (Å²) in [5.41, 5.74) is 5.43. The van der Waals surface area contributed by atoms with Gasteiger partial charge in [-0.2, -0.15) is 0 Å². The number of ether oxygens (including phenoxy) is 2. The van der Waals surface area contributed by atoms with Gasteiger partial charge in [0, 0.05) is 19.8 Å². The van der Waals surface area contributed by atoms with Crippen LogP contribution in [0.1, 0.15) is 27.2 Å². The molecule has 1 atom stereocenters. The Labute approximate surface area is 75.2 Å². The summed E-state index contributed by atoms with van der Waals surface area (Å²) in [5, 5.41) is 0. The van der Waals surface area contributed by atoms with Crippen LogP contribution in [-0.2, 0) is 9.47 Å². The summed E-state index contributed by atoms with van der Waals surface area (Å²) in [4.78, 5) is 0. The van der Waals surface area contributed by atoms with Crippen molar-refractivity contribution in [1.82, 2.24) is 0 Å². The maximum Gasteiger partial charge on any atom is 0.0644 e. The van der Waals surface area contributed by atoms with Crippen LogP contribution in [0.4, 0.5) is 0 Å². The summed E-state index contributed by atoms with van der Waals surface area (Å²) in [6.07, 6.45) is 0.899. The van der Waals surface area contributed by atoms with Gasteiger partial charge in [0.1, 0.15) is 0 Å². The first kappa shape index (κ1) is 11.9. The van der Waals surface area contributed by atoms with Gasteiger partial charge in [-0.25, -0.2) is 0 Å². The molecule has 0 spiro atoms. The first-order chi connectivity index (χ1) is 5.48. The van der Waals surface area contributed by atoms with Crippen molar-refractivity contribution >= 4 is 0 Å². The monoisotopic (exact) mass is 175 g/mol. The fourth-order valence-electron chi connectivity index (χ4n) is 0.689. The first-order valence-electron chi connectivity index (χ1n) is 4.36. The summed E-state index contributed by atoms with van der Waals surface area (Å²) >= 11 is 0. The van der Waals surface area contributed by atoms with Crippen molar-refractivity contribution in [2.24, 2.45) is 5.73 Å². The fourth-order valence-corrected chi connectivity index (χ4v) is 0.689. The third kappa shape index (κ3) is 6.58. The van der Waals surface area contributed by atoms with Gasteiger partial charge in [-0.15, -0.1) is 0 Å². The molecule has 0 amide bonds. The molecule has 3 heteroatoms. The van der Waals surface area contributed by atoms with Crippen LogP contribution < -0.4 is 5.73 Å². The Balaban J connectivity index is 3.31. The molecule has 0 unspecified atom stereocenters. The van der Waals surface area contributed by atoms with Crippen molar-refractivity contribution in [3.8, 4) is 0 Å². The number of methoxy groups -OCH3 is 1. The van der Waals surface area contributed by atoms with E-state index in [9.17, 15) is 0 Å². The number of rotatable bonds is 6. The topological polar surface area (TPSA) is 44.5 Å². The molecule has 12 heavy (non-hydrogen) atoms. The van der Waals surface area contributed by atoms with Crippen LogP contribution >= 0.6 is 0 Å². The van der Waals surface area contributed by atoms with Crippen LogP contribution in [0.5, 0.6) is 0 Å². The Morgan fingerprint density at radius 2 is 2.00 bits per heavy atom. The van der Waals surface area contributed by atoms with Gasteiger partial charge in [-0.05, 0) is 27.2 Å². The van der Waals surface area contributed by atoms with Crippen molar-refractivity contribution in [3.63, 3.8) is 0 Å². The molecule has 0 bridgehead atoms. The van der Waals surface area contributed by atoms with E-state index in [1.807, 2.05) is 20.8 Å². The largest absolute Gasteiger partial charge is 0.380 e. The van der Waals surface area contributed by atoms with Gasteiger partial charge in [0.05, 0.1) is 12.2 Å². The van der Waals surface area contributed by atoms with E-state index in [4.69, 9.17) is 15.2 Å². The Kier molecular flexibility index (Phi) is 5.46. The predicted molar refractivity (Wildman–Crippen MR) is 50.2 cm³/mol. The van der Waals surface area contributed by atoms with Crippen molar-refractivity contribution < 1.29 is 9.47 Å². The van der Waals surface area contributed by atoms with Gasteiger partial charge in [0.15, 0.2) is 0 Å². The third-order valence-corrected chi connectivity index (χ3v) is 1.78. The zero-order valence-corrected chi connectivity index (χ0v) is 8.59. The minimum atomic E-state index is -0.0855. The lowest BCUT2D eigenvalue weighted by molar-refractivity contribution is -0.0109. The van der Waals surface area contributed by atoms with E-state index < -0.39 is 0 Å². The summed E-state index contributed by atoms with van der Waals surface area (Å²) in [6, 6.07) is 0.121. The molecular weight excluding hydrogens is 154 g/mol. The lowest BCUT2D eigenvalue weighted by atomic mass is 10.1. The highest BCUT2D eigenvalue weighted by Gasteiger charge is 2.15. The van der Waals surface area contributed by atoms with E-state index >= 15 is 0 Å². The average molecular weight is 175 g/mol. The van der Waals surface area contributed by atoms with Crippen LogP contribution in [0.3, 0.4) is 0 Å². The molecule has 0 saturated carbocycles. The maximum atomic E-state index is 5.52. The molecule has 0 aliphatic carbocycles. The highest BCUT2D eigenvalue weighted by Crippen LogP contribution is 2.12. The van der Waals surface area contributed by atoms with Gasteiger partial charge < -0.3 is 15.2 Å². The standard InChI is InChI=1S/C9H21NO2/c1-8(10)7-12-6-5-9(2,3)11-4/h8H,5-7,10H2,1-4H3/t8-/m0/s1. The van der Waals surface area contributed by atoms with E-state index in [2.05, 4.69) is 0 Å². The van der Waals surface area contributed by atoms with E-state index in [1.54, 1.807) is 7.11 Å². The zero-order chi connectivity index (χ0) is 9.61. The summed E-state index contributed by atoms with van der Waals surface area (Å²) in [7, 11) is 1.71. The number of hydrogen-bond acceptors (Lipinski definition) is 3. The van der Waals surface area contributed by atoms with E-state index in [1.165, 1.54) is 0 Å². The van der Waals surface area contributed by atoms with Crippen LogP contribution in [0.2, 0.25) is 0 Å². The van der Waals surface area contributed by atoms with Gasteiger partial charge in [0.2, 0.25) is 0 Å². The summed E-state index contributed by atoms with van der Waals surface area (Å²) in [6.45, 7) is 7.36. The average Bonchev–Trinajstić information content (AvgIpc) is 1.98. The molecule has 0 aliphatic rings. The molecule has 2 N–H and O–H groups in total. The third-order valence-electron chi connectivity index (χ3n) is 1.78. The molecule has 0 rings (SSSR count). The Morgan fingerprint density at radius 1 is 1.42 bits per heavy atom. The lowest BCUT2D eigenvalue weighted by Gasteiger charge is -2.22. The Morgan fingerprint density at radius 3 is 2.42 bits per heavy atom. The lowest BCUT2D eigenvalue weighted by Crippen LogP contribution is -2.27. The molecule has 0 radical (unpaired) electrons. The molecule has 3 nitrogen and oxygen atoms in total. The Hall–Kier alpha value is -0.120. The van der Waals surface area contributed by atoms with Gasteiger partial charge in [-0.1, -0.05) is 0 Å². The minimum Gasteiger partial charge on any atom is -0.380 e. The molecule has 0 saturated heterocycles.